The van der Waals surface area contributed by atoms with E-state index in [4.69, 9.17) is 0 Å². The van der Waals surface area contributed by atoms with Crippen molar-refractivity contribution in [3.8, 4) is 0 Å². The Balaban J connectivity index is 2.01. The van der Waals surface area contributed by atoms with Gasteiger partial charge in [0, 0.05) is 17.0 Å². The monoisotopic (exact) mass is 173 g/mol. The predicted molar refractivity (Wildman–Crippen MR) is 53.2 cm³/mol. The summed E-state index contributed by atoms with van der Waals surface area (Å²) in [6.07, 6.45) is 5.85. The molecule has 1 aliphatic rings. The van der Waals surface area contributed by atoms with E-state index in [-0.39, 0.29) is 0 Å². The zero-order chi connectivity index (χ0) is 8.10. The topological polar surface area (TPSA) is 12.0 Å². The molecular formula is C9H19NS. The number of hydrogen-bond donors (Lipinski definition) is 1. The Morgan fingerprint density at radius 2 is 2.09 bits per heavy atom. The lowest BCUT2D eigenvalue weighted by Gasteiger charge is -2.13. The van der Waals surface area contributed by atoms with E-state index in [9.17, 15) is 0 Å². The standard InChI is InChI=1S/C9H19NS/c1-8(10-2)7-11-9-5-3-4-6-9/h8-10H,3-7H2,1-2H3. The van der Waals surface area contributed by atoms with E-state index in [1.807, 2.05) is 7.05 Å². The Bertz CT molecular complexity index is 99.7. The van der Waals surface area contributed by atoms with Crippen molar-refractivity contribution in [2.45, 2.75) is 43.9 Å². The lowest BCUT2D eigenvalue weighted by atomic mass is 10.4. The molecule has 1 rings (SSSR count). The first-order valence-corrected chi connectivity index (χ1v) is 5.66. The lowest BCUT2D eigenvalue weighted by molar-refractivity contribution is 0.675. The van der Waals surface area contributed by atoms with E-state index in [1.54, 1.807) is 0 Å². The largest absolute Gasteiger partial charge is 0.316 e. The molecule has 1 aliphatic carbocycles. The molecule has 0 aliphatic heterocycles. The molecule has 0 saturated heterocycles. The van der Waals surface area contributed by atoms with Crippen molar-refractivity contribution in [1.82, 2.24) is 5.32 Å². The van der Waals surface area contributed by atoms with Gasteiger partial charge in [0.05, 0.1) is 0 Å². The summed E-state index contributed by atoms with van der Waals surface area (Å²) in [5, 5.41) is 4.25. The van der Waals surface area contributed by atoms with Gasteiger partial charge >= 0.3 is 0 Å². The van der Waals surface area contributed by atoms with Crippen LogP contribution in [0.1, 0.15) is 32.6 Å². The second kappa shape index (κ2) is 5.04. The van der Waals surface area contributed by atoms with Crippen LogP contribution in [0.15, 0.2) is 0 Å². The average molecular weight is 173 g/mol. The summed E-state index contributed by atoms with van der Waals surface area (Å²) < 4.78 is 0. The minimum atomic E-state index is 0.681. The second-order valence-electron chi connectivity index (χ2n) is 3.43. The molecule has 1 N–H and O–H groups in total. The average Bonchev–Trinajstić information content (AvgIpc) is 2.52. The molecule has 1 saturated carbocycles. The number of rotatable bonds is 4. The molecule has 11 heavy (non-hydrogen) atoms. The third-order valence-electron chi connectivity index (χ3n) is 2.38. The molecule has 1 fully saturated rings. The number of thioether (sulfide) groups is 1. The maximum atomic E-state index is 3.27. The quantitative estimate of drug-likeness (QED) is 0.700. The third-order valence-corrected chi connectivity index (χ3v) is 4.01. The predicted octanol–water partition coefficient (Wildman–Crippen LogP) is 2.27. The molecule has 0 bridgehead atoms. The highest BCUT2D eigenvalue weighted by molar-refractivity contribution is 7.99. The Morgan fingerprint density at radius 1 is 1.45 bits per heavy atom. The lowest BCUT2D eigenvalue weighted by Crippen LogP contribution is -2.24. The first-order valence-electron chi connectivity index (χ1n) is 4.62. The smallest absolute Gasteiger partial charge is 0.0127 e. The minimum absolute atomic E-state index is 0.681. The van der Waals surface area contributed by atoms with Gasteiger partial charge in [0.25, 0.3) is 0 Å². The van der Waals surface area contributed by atoms with E-state index < -0.39 is 0 Å². The van der Waals surface area contributed by atoms with Crippen molar-refractivity contribution in [2.75, 3.05) is 12.8 Å². The molecule has 0 amide bonds. The van der Waals surface area contributed by atoms with Crippen molar-refractivity contribution in [3.05, 3.63) is 0 Å². The van der Waals surface area contributed by atoms with E-state index >= 15 is 0 Å². The van der Waals surface area contributed by atoms with Gasteiger partial charge < -0.3 is 5.32 Å². The van der Waals surface area contributed by atoms with Crippen LogP contribution in [0.5, 0.6) is 0 Å². The van der Waals surface area contributed by atoms with E-state index in [1.165, 1.54) is 31.4 Å². The van der Waals surface area contributed by atoms with Gasteiger partial charge in [-0.1, -0.05) is 12.8 Å². The van der Waals surface area contributed by atoms with E-state index in [2.05, 4.69) is 24.0 Å². The summed E-state index contributed by atoms with van der Waals surface area (Å²) in [6, 6.07) is 0.681. The number of hydrogen-bond acceptors (Lipinski definition) is 2. The van der Waals surface area contributed by atoms with Gasteiger partial charge in [-0.3, -0.25) is 0 Å². The van der Waals surface area contributed by atoms with Gasteiger partial charge in [0.1, 0.15) is 0 Å². The van der Waals surface area contributed by atoms with Crippen molar-refractivity contribution in [3.63, 3.8) is 0 Å². The van der Waals surface area contributed by atoms with Crippen LogP contribution < -0.4 is 5.32 Å². The van der Waals surface area contributed by atoms with Crippen molar-refractivity contribution >= 4 is 11.8 Å². The fourth-order valence-electron chi connectivity index (χ4n) is 1.42. The van der Waals surface area contributed by atoms with Gasteiger partial charge in [0.2, 0.25) is 0 Å². The molecular weight excluding hydrogens is 154 g/mol. The molecule has 0 spiro atoms. The highest BCUT2D eigenvalue weighted by atomic mass is 32.2. The zero-order valence-electron chi connectivity index (χ0n) is 7.60. The van der Waals surface area contributed by atoms with Gasteiger partial charge in [-0.15, -0.1) is 0 Å². The van der Waals surface area contributed by atoms with Crippen molar-refractivity contribution < 1.29 is 0 Å². The summed E-state index contributed by atoms with van der Waals surface area (Å²) in [7, 11) is 2.04. The van der Waals surface area contributed by atoms with Crippen LogP contribution >= 0.6 is 11.8 Å². The van der Waals surface area contributed by atoms with Crippen LogP contribution in [0.25, 0.3) is 0 Å². The highest BCUT2D eigenvalue weighted by Crippen LogP contribution is 2.29. The summed E-state index contributed by atoms with van der Waals surface area (Å²) in [6.45, 7) is 2.25. The normalized spacial score (nSPS) is 22.4. The van der Waals surface area contributed by atoms with Crippen molar-refractivity contribution in [1.29, 1.82) is 0 Å². The molecule has 1 unspecified atom stereocenters. The second-order valence-corrected chi connectivity index (χ2v) is 4.76. The molecule has 1 atom stereocenters. The molecule has 0 heterocycles. The molecule has 0 aromatic carbocycles. The van der Waals surface area contributed by atoms with Crippen LogP contribution in [-0.2, 0) is 0 Å². The molecule has 0 radical (unpaired) electrons. The minimum Gasteiger partial charge on any atom is -0.316 e. The summed E-state index contributed by atoms with van der Waals surface area (Å²) in [5.41, 5.74) is 0. The number of nitrogens with one attached hydrogen (secondary N) is 1. The van der Waals surface area contributed by atoms with Gasteiger partial charge in [-0.05, 0) is 26.8 Å². The van der Waals surface area contributed by atoms with Gasteiger partial charge in [0.15, 0.2) is 0 Å². The highest BCUT2D eigenvalue weighted by Gasteiger charge is 2.15. The fourth-order valence-corrected chi connectivity index (χ4v) is 2.81. The van der Waals surface area contributed by atoms with E-state index in [0.717, 1.165) is 5.25 Å². The zero-order valence-corrected chi connectivity index (χ0v) is 8.41. The molecule has 66 valence electrons. The Hall–Kier alpha value is 0.310. The van der Waals surface area contributed by atoms with Crippen molar-refractivity contribution in [2.24, 2.45) is 0 Å². The van der Waals surface area contributed by atoms with Crippen LogP contribution in [0.4, 0.5) is 0 Å². The Labute approximate surface area is 74.3 Å². The Morgan fingerprint density at radius 3 is 2.64 bits per heavy atom. The maximum Gasteiger partial charge on any atom is 0.0127 e. The van der Waals surface area contributed by atoms with Gasteiger partial charge in [-0.2, -0.15) is 11.8 Å². The molecule has 1 nitrogen and oxygen atoms in total. The van der Waals surface area contributed by atoms with Crippen LogP contribution in [0.3, 0.4) is 0 Å². The van der Waals surface area contributed by atoms with Crippen LogP contribution in [0.2, 0.25) is 0 Å². The SMILES string of the molecule is CNC(C)CSC1CCCC1. The Kier molecular flexibility index (Phi) is 4.31. The fraction of sp³-hybridized carbons (Fsp3) is 1.00. The molecule has 0 aromatic heterocycles. The molecule has 2 heteroatoms. The molecule has 0 aromatic rings. The van der Waals surface area contributed by atoms with Crippen LogP contribution in [-0.4, -0.2) is 24.1 Å². The maximum absolute atomic E-state index is 3.27. The van der Waals surface area contributed by atoms with E-state index in [0.29, 0.717) is 6.04 Å². The summed E-state index contributed by atoms with van der Waals surface area (Å²) in [5.74, 6) is 1.28. The summed E-state index contributed by atoms with van der Waals surface area (Å²) >= 11 is 2.15. The third kappa shape index (κ3) is 3.48. The van der Waals surface area contributed by atoms with Crippen LogP contribution in [0, 0.1) is 0 Å². The van der Waals surface area contributed by atoms with Gasteiger partial charge in [-0.25, -0.2) is 0 Å². The first kappa shape index (κ1) is 9.40. The first-order chi connectivity index (χ1) is 5.33. The summed E-state index contributed by atoms with van der Waals surface area (Å²) in [4.78, 5) is 0.